The Kier molecular flexibility index (Phi) is 7.13. The zero-order valence-corrected chi connectivity index (χ0v) is 16.4. The van der Waals surface area contributed by atoms with E-state index in [2.05, 4.69) is 18.3 Å². The monoisotopic (exact) mass is 369 g/mol. The molecule has 0 radical (unpaired) electrons. The molecule has 1 aliphatic rings. The lowest BCUT2D eigenvalue weighted by Crippen LogP contribution is -2.36. The normalized spacial score (nSPS) is 20.9. The molecule has 4 nitrogen and oxygen atoms in total. The smallest absolute Gasteiger partial charge is 0.161 e. The third-order valence-electron chi connectivity index (χ3n) is 5.49. The van der Waals surface area contributed by atoms with Gasteiger partial charge in [0.2, 0.25) is 0 Å². The zero-order chi connectivity index (χ0) is 19.1. The van der Waals surface area contributed by atoms with Gasteiger partial charge in [0.05, 0.1) is 7.11 Å². The molecule has 3 unspecified atom stereocenters. The minimum atomic E-state index is -0.662. The van der Waals surface area contributed by atoms with E-state index >= 15 is 0 Å². The third-order valence-corrected chi connectivity index (χ3v) is 5.49. The molecule has 0 amide bonds. The van der Waals surface area contributed by atoms with Gasteiger partial charge in [-0.25, -0.2) is 0 Å². The minimum absolute atomic E-state index is 0.192. The number of ether oxygens (including phenoxy) is 2. The van der Waals surface area contributed by atoms with Gasteiger partial charge in [-0.2, -0.15) is 0 Å². The molecule has 0 aliphatic heterocycles. The van der Waals surface area contributed by atoms with Crippen molar-refractivity contribution in [1.82, 2.24) is 5.32 Å². The Balaban J connectivity index is 1.57. The van der Waals surface area contributed by atoms with Crippen molar-refractivity contribution in [2.24, 2.45) is 5.92 Å². The van der Waals surface area contributed by atoms with Crippen molar-refractivity contribution in [1.29, 1.82) is 0 Å². The zero-order valence-electron chi connectivity index (χ0n) is 16.4. The van der Waals surface area contributed by atoms with E-state index in [4.69, 9.17) is 9.47 Å². The van der Waals surface area contributed by atoms with E-state index in [1.165, 1.54) is 31.2 Å². The largest absolute Gasteiger partial charge is 0.493 e. The van der Waals surface area contributed by atoms with Gasteiger partial charge in [0.25, 0.3) is 0 Å². The lowest BCUT2D eigenvalue weighted by Gasteiger charge is -2.29. The van der Waals surface area contributed by atoms with Crippen LogP contribution in [0.15, 0.2) is 48.5 Å². The highest BCUT2D eigenvalue weighted by Gasteiger charge is 2.20. The molecule has 1 fully saturated rings. The van der Waals surface area contributed by atoms with Crippen LogP contribution >= 0.6 is 0 Å². The van der Waals surface area contributed by atoms with Gasteiger partial charge in [0, 0.05) is 12.6 Å². The Bertz CT molecular complexity index is 704. The number of aliphatic hydroxyl groups is 1. The van der Waals surface area contributed by atoms with Crippen LogP contribution in [0.4, 0.5) is 0 Å². The van der Waals surface area contributed by atoms with Crippen molar-refractivity contribution >= 4 is 0 Å². The molecule has 0 spiro atoms. The number of hydrogen-bond acceptors (Lipinski definition) is 4. The summed E-state index contributed by atoms with van der Waals surface area (Å²) in [6, 6.07) is 16.2. The molecule has 3 rings (SSSR count). The number of hydrogen-bond donors (Lipinski definition) is 2. The maximum atomic E-state index is 10.3. The maximum Gasteiger partial charge on any atom is 0.161 e. The summed E-state index contributed by atoms with van der Waals surface area (Å²) in [6.07, 6.45) is 4.59. The number of methoxy groups -OCH3 is 1. The lowest BCUT2D eigenvalue weighted by atomic mass is 9.86. The lowest BCUT2D eigenvalue weighted by molar-refractivity contribution is 0.106. The summed E-state index contributed by atoms with van der Waals surface area (Å²) in [7, 11) is 1.65. The summed E-state index contributed by atoms with van der Waals surface area (Å²) in [4.78, 5) is 0. The molecule has 0 bridgehead atoms. The second kappa shape index (κ2) is 9.77. The summed E-state index contributed by atoms with van der Waals surface area (Å²) in [5, 5.41) is 14.0. The van der Waals surface area contributed by atoms with Crippen LogP contribution in [-0.2, 0) is 6.54 Å². The predicted molar refractivity (Wildman–Crippen MR) is 108 cm³/mol. The molecule has 1 saturated carbocycles. The molecule has 0 aromatic heterocycles. The van der Waals surface area contributed by atoms with Crippen molar-refractivity contribution in [3.05, 3.63) is 59.7 Å². The molecule has 146 valence electrons. The highest BCUT2D eigenvalue weighted by atomic mass is 16.5. The van der Waals surface area contributed by atoms with E-state index in [-0.39, 0.29) is 6.61 Å². The molecule has 0 saturated heterocycles. The molecule has 2 N–H and O–H groups in total. The van der Waals surface area contributed by atoms with Gasteiger partial charge in [-0.1, -0.05) is 56.2 Å². The highest BCUT2D eigenvalue weighted by molar-refractivity contribution is 5.43. The van der Waals surface area contributed by atoms with Crippen LogP contribution in [-0.4, -0.2) is 24.9 Å². The van der Waals surface area contributed by atoms with Gasteiger partial charge in [-0.05, 0) is 42.0 Å². The summed E-state index contributed by atoms with van der Waals surface area (Å²) in [5.74, 6) is 2.09. The van der Waals surface area contributed by atoms with Crippen LogP contribution in [0.1, 0.15) is 49.8 Å². The average Bonchev–Trinajstić information content (AvgIpc) is 2.72. The van der Waals surface area contributed by atoms with Crippen LogP contribution in [0.3, 0.4) is 0 Å². The van der Waals surface area contributed by atoms with Crippen LogP contribution in [0.5, 0.6) is 11.5 Å². The molecule has 1 aliphatic carbocycles. The molecule has 27 heavy (non-hydrogen) atoms. The Morgan fingerprint density at radius 2 is 1.85 bits per heavy atom. The van der Waals surface area contributed by atoms with Crippen molar-refractivity contribution < 1.29 is 14.6 Å². The van der Waals surface area contributed by atoms with Gasteiger partial charge in [-0.3, -0.25) is 0 Å². The van der Waals surface area contributed by atoms with Crippen molar-refractivity contribution in [2.45, 2.75) is 51.3 Å². The summed E-state index contributed by atoms with van der Waals surface area (Å²) in [5.41, 5.74) is 2.03. The van der Waals surface area contributed by atoms with Crippen LogP contribution < -0.4 is 14.8 Å². The summed E-state index contributed by atoms with van der Waals surface area (Å²) >= 11 is 0. The van der Waals surface area contributed by atoms with E-state index in [1.807, 2.05) is 42.5 Å². The number of nitrogens with one attached hydrogen (secondary N) is 1. The van der Waals surface area contributed by atoms with Gasteiger partial charge >= 0.3 is 0 Å². The fraction of sp³-hybridized carbons (Fsp3) is 0.478. The standard InChI is InChI=1S/C23H31NO3/c1-17-8-6-7-11-20(17)24-15-18-12-13-22(23(14-18)26-2)27-16-21(25)19-9-4-3-5-10-19/h3-5,9-10,12-14,17,20-21,24-25H,6-8,11,15-16H2,1-2H3. The number of aliphatic hydroxyl groups excluding tert-OH is 1. The first-order chi connectivity index (χ1) is 13.2. The molecule has 2 aromatic carbocycles. The van der Waals surface area contributed by atoms with Gasteiger partial charge in [0.1, 0.15) is 12.7 Å². The fourth-order valence-electron chi connectivity index (χ4n) is 3.75. The van der Waals surface area contributed by atoms with Gasteiger partial charge in [-0.15, -0.1) is 0 Å². The molecule has 0 heterocycles. The van der Waals surface area contributed by atoms with E-state index in [0.29, 0.717) is 17.5 Å². The Morgan fingerprint density at radius 1 is 1.07 bits per heavy atom. The van der Waals surface area contributed by atoms with Crippen LogP contribution in [0.25, 0.3) is 0 Å². The molecular weight excluding hydrogens is 338 g/mol. The van der Waals surface area contributed by atoms with E-state index in [9.17, 15) is 5.11 Å². The van der Waals surface area contributed by atoms with E-state index in [0.717, 1.165) is 18.0 Å². The summed E-state index contributed by atoms with van der Waals surface area (Å²) < 4.78 is 11.3. The summed E-state index contributed by atoms with van der Waals surface area (Å²) in [6.45, 7) is 3.36. The molecule has 3 atom stereocenters. The Morgan fingerprint density at radius 3 is 2.59 bits per heavy atom. The fourth-order valence-corrected chi connectivity index (χ4v) is 3.75. The van der Waals surface area contributed by atoms with E-state index in [1.54, 1.807) is 7.11 Å². The molecular formula is C23H31NO3. The van der Waals surface area contributed by atoms with Gasteiger partial charge in [0.15, 0.2) is 11.5 Å². The first-order valence-corrected chi connectivity index (χ1v) is 9.93. The van der Waals surface area contributed by atoms with Crippen LogP contribution in [0, 0.1) is 5.92 Å². The third kappa shape index (κ3) is 5.47. The highest BCUT2D eigenvalue weighted by Crippen LogP contribution is 2.30. The quantitative estimate of drug-likeness (QED) is 0.720. The second-order valence-corrected chi connectivity index (χ2v) is 7.47. The van der Waals surface area contributed by atoms with E-state index < -0.39 is 6.10 Å². The first kappa shape index (κ1) is 19.7. The maximum absolute atomic E-state index is 10.3. The van der Waals surface area contributed by atoms with Crippen molar-refractivity contribution in [3.63, 3.8) is 0 Å². The minimum Gasteiger partial charge on any atom is -0.493 e. The van der Waals surface area contributed by atoms with Crippen molar-refractivity contribution in [3.8, 4) is 11.5 Å². The van der Waals surface area contributed by atoms with Gasteiger partial charge < -0.3 is 19.9 Å². The Hall–Kier alpha value is -2.04. The topological polar surface area (TPSA) is 50.7 Å². The molecule has 4 heteroatoms. The van der Waals surface area contributed by atoms with Crippen molar-refractivity contribution in [2.75, 3.05) is 13.7 Å². The molecule has 2 aromatic rings. The average molecular weight is 370 g/mol. The first-order valence-electron chi connectivity index (χ1n) is 9.93. The predicted octanol–water partition coefficient (Wildman–Crippen LogP) is 4.48. The Labute approximate surface area is 162 Å². The SMILES string of the molecule is COc1cc(CNC2CCCCC2C)ccc1OCC(O)c1ccccc1. The van der Waals surface area contributed by atoms with Crippen LogP contribution in [0.2, 0.25) is 0 Å². The number of benzene rings is 2. The number of rotatable bonds is 8. The second-order valence-electron chi connectivity index (χ2n) is 7.47.